The van der Waals surface area contributed by atoms with Gasteiger partial charge in [-0.3, -0.25) is 9.89 Å². The van der Waals surface area contributed by atoms with Crippen LogP contribution < -0.4 is 0 Å². The molecule has 0 radical (unpaired) electrons. The van der Waals surface area contributed by atoms with Gasteiger partial charge in [0.2, 0.25) is 5.82 Å². The first-order valence-electron chi connectivity index (χ1n) is 6.49. The monoisotopic (exact) mass is 234 g/mol. The molecule has 2 fully saturated rings. The van der Waals surface area contributed by atoms with Crippen molar-refractivity contribution in [1.82, 2.24) is 20.1 Å². The molecule has 0 bridgehead atoms. The molecule has 3 rings (SSSR count). The molecule has 1 aliphatic carbocycles. The molecule has 2 aliphatic rings. The van der Waals surface area contributed by atoms with Crippen LogP contribution in [0.4, 0.5) is 0 Å². The summed E-state index contributed by atoms with van der Waals surface area (Å²) < 4.78 is 0. The summed E-state index contributed by atoms with van der Waals surface area (Å²) in [5, 5.41) is 6.39. The number of rotatable bonds is 1. The van der Waals surface area contributed by atoms with E-state index in [1.165, 1.54) is 32.0 Å². The molecule has 1 aliphatic heterocycles. The van der Waals surface area contributed by atoms with Gasteiger partial charge in [0.05, 0.1) is 0 Å². The van der Waals surface area contributed by atoms with Gasteiger partial charge in [-0.05, 0) is 24.7 Å². The summed E-state index contributed by atoms with van der Waals surface area (Å²) in [6.07, 6.45) is 7.88. The minimum Gasteiger partial charge on any atom is -0.336 e. The zero-order valence-corrected chi connectivity index (χ0v) is 9.93. The number of amides is 1. The number of H-pyrrole nitrogens is 1. The molecule has 17 heavy (non-hydrogen) atoms. The molecule has 1 aromatic rings. The maximum atomic E-state index is 12.1. The van der Waals surface area contributed by atoms with Gasteiger partial charge in [0.1, 0.15) is 6.33 Å². The minimum atomic E-state index is 0.00604. The SMILES string of the molecule is O=C(c1ncn[nH]1)N1CCC2CCCCC2C1. The van der Waals surface area contributed by atoms with Gasteiger partial charge in [-0.2, -0.15) is 5.10 Å². The third-order valence-electron chi connectivity index (χ3n) is 4.20. The molecule has 0 spiro atoms. The second kappa shape index (κ2) is 4.47. The predicted molar refractivity (Wildman–Crippen MR) is 62.4 cm³/mol. The standard InChI is InChI=1S/C12H18N4O/c17-12(11-13-8-14-15-11)16-6-5-9-3-1-2-4-10(9)7-16/h8-10H,1-7H2,(H,13,14,15). The Bertz CT molecular complexity index is 389. The Morgan fingerprint density at radius 3 is 2.88 bits per heavy atom. The van der Waals surface area contributed by atoms with Crippen molar-refractivity contribution in [3.63, 3.8) is 0 Å². The van der Waals surface area contributed by atoms with Crippen LogP contribution in [0.1, 0.15) is 42.7 Å². The maximum Gasteiger partial charge on any atom is 0.291 e. The average molecular weight is 234 g/mol. The summed E-state index contributed by atoms with van der Waals surface area (Å²) in [5.74, 6) is 1.94. The number of fused-ring (bicyclic) bond motifs is 1. The van der Waals surface area contributed by atoms with E-state index in [4.69, 9.17) is 0 Å². The molecular weight excluding hydrogens is 216 g/mol. The number of carbonyl (C=O) groups excluding carboxylic acids is 1. The summed E-state index contributed by atoms with van der Waals surface area (Å²) in [7, 11) is 0. The van der Waals surface area contributed by atoms with Crippen LogP contribution >= 0.6 is 0 Å². The van der Waals surface area contributed by atoms with E-state index >= 15 is 0 Å². The number of likely N-dealkylation sites (tertiary alicyclic amines) is 1. The normalized spacial score (nSPS) is 28.8. The summed E-state index contributed by atoms with van der Waals surface area (Å²) in [5.41, 5.74) is 0. The van der Waals surface area contributed by atoms with E-state index in [9.17, 15) is 4.79 Å². The molecule has 2 heterocycles. The molecule has 2 atom stereocenters. The van der Waals surface area contributed by atoms with Gasteiger partial charge in [-0.25, -0.2) is 4.98 Å². The number of piperidine rings is 1. The Kier molecular flexibility index (Phi) is 2.82. The first-order valence-corrected chi connectivity index (χ1v) is 6.49. The smallest absolute Gasteiger partial charge is 0.291 e. The fraction of sp³-hybridized carbons (Fsp3) is 0.750. The summed E-state index contributed by atoms with van der Waals surface area (Å²) >= 11 is 0. The van der Waals surface area contributed by atoms with Gasteiger partial charge >= 0.3 is 0 Å². The highest BCUT2D eigenvalue weighted by Gasteiger charge is 2.33. The van der Waals surface area contributed by atoms with E-state index in [2.05, 4.69) is 15.2 Å². The van der Waals surface area contributed by atoms with Gasteiger partial charge in [0.15, 0.2) is 0 Å². The van der Waals surface area contributed by atoms with Crippen molar-refractivity contribution in [2.24, 2.45) is 11.8 Å². The van der Waals surface area contributed by atoms with E-state index in [-0.39, 0.29) is 5.91 Å². The van der Waals surface area contributed by atoms with E-state index in [0.717, 1.165) is 25.4 Å². The summed E-state index contributed by atoms with van der Waals surface area (Å²) in [6.45, 7) is 1.78. The highest BCUT2D eigenvalue weighted by atomic mass is 16.2. The van der Waals surface area contributed by atoms with Crippen LogP contribution in [0.2, 0.25) is 0 Å². The summed E-state index contributed by atoms with van der Waals surface area (Å²) in [4.78, 5) is 18.0. The molecule has 0 aromatic carbocycles. The quantitative estimate of drug-likeness (QED) is 0.800. The largest absolute Gasteiger partial charge is 0.336 e. The van der Waals surface area contributed by atoms with Crippen LogP contribution in [0.25, 0.3) is 0 Å². The van der Waals surface area contributed by atoms with Gasteiger partial charge < -0.3 is 4.90 Å². The lowest BCUT2D eigenvalue weighted by atomic mass is 9.75. The number of hydrogen-bond acceptors (Lipinski definition) is 3. The summed E-state index contributed by atoms with van der Waals surface area (Å²) in [6, 6.07) is 0. The van der Waals surface area contributed by atoms with Crippen LogP contribution in [0.5, 0.6) is 0 Å². The number of aromatic nitrogens is 3. The first kappa shape index (κ1) is 10.7. The second-order valence-corrected chi connectivity index (χ2v) is 5.18. The lowest BCUT2D eigenvalue weighted by Crippen LogP contribution is -2.45. The Labute approximate surface area is 101 Å². The average Bonchev–Trinajstić information content (AvgIpc) is 2.91. The molecule has 1 saturated heterocycles. The highest BCUT2D eigenvalue weighted by molar-refractivity contribution is 5.90. The van der Waals surface area contributed by atoms with Crippen molar-refractivity contribution in [2.45, 2.75) is 32.1 Å². The van der Waals surface area contributed by atoms with Crippen molar-refractivity contribution in [3.05, 3.63) is 12.2 Å². The zero-order chi connectivity index (χ0) is 11.7. The van der Waals surface area contributed by atoms with Crippen LogP contribution in [0.15, 0.2) is 6.33 Å². The minimum absolute atomic E-state index is 0.00604. The molecule has 5 nitrogen and oxygen atoms in total. The number of nitrogens with zero attached hydrogens (tertiary/aromatic N) is 3. The molecule has 1 N–H and O–H groups in total. The lowest BCUT2D eigenvalue weighted by molar-refractivity contribution is 0.0510. The van der Waals surface area contributed by atoms with Gasteiger partial charge in [-0.15, -0.1) is 0 Å². The van der Waals surface area contributed by atoms with E-state index in [1.807, 2.05) is 4.90 Å². The molecule has 1 aromatic heterocycles. The Morgan fingerprint density at radius 2 is 2.12 bits per heavy atom. The van der Waals surface area contributed by atoms with E-state index in [0.29, 0.717) is 11.7 Å². The van der Waals surface area contributed by atoms with E-state index < -0.39 is 0 Å². The number of hydrogen-bond donors (Lipinski definition) is 1. The van der Waals surface area contributed by atoms with Gasteiger partial charge in [-0.1, -0.05) is 19.3 Å². The van der Waals surface area contributed by atoms with Gasteiger partial charge in [0, 0.05) is 13.1 Å². The van der Waals surface area contributed by atoms with Crippen molar-refractivity contribution < 1.29 is 4.79 Å². The Hall–Kier alpha value is -1.39. The number of nitrogens with one attached hydrogen (secondary N) is 1. The highest BCUT2D eigenvalue weighted by Crippen LogP contribution is 2.36. The van der Waals surface area contributed by atoms with Crippen molar-refractivity contribution in [1.29, 1.82) is 0 Å². The van der Waals surface area contributed by atoms with Crippen molar-refractivity contribution >= 4 is 5.91 Å². The molecule has 1 amide bonds. The van der Waals surface area contributed by atoms with Crippen molar-refractivity contribution in [3.8, 4) is 0 Å². The van der Waals surface area contributed by atoms with Gasteiger partial charge in [0.25, 0.3) is 5.91 Å². The predicted octanol–water partition coefficient (Wildman–Crippen LogP) is 1.46. The molecule has 1 saturated carbocycles. The second-order valence-electron chi connectivity index (χ2n) is 5.18. The van der Waals surface area contributed by atoms with Crippen LogP contribution in [0, 0.1) is 11.8 Å². The van der Waals surface area contributed by atoms with Crippen LogP contribution in [0.3, 0.4) is 0 Å². The third kappa shape index (κ3) is 2.06. The molecule has 92 valence electrons. The first-order chi connectivity index (χ1) is 8.34. The molecular formula is C12H18N4O. The molecule has 5 heteroatoms. The lowest BCUT2D eigenvalue weighted by Gasteiger charge is -2.40. The van der Waals surface area contributed by atoms with Crippen molar-refractivity contribution in [2.75, 3.05) is 13.1 Å². The van der Waals surface area contributed by atoms with E-state index in [1.54, 1.807) is 0 Å². The fourth-order valence-corrected chi connectivity index (χ4v) is 3.24. The number of carbonyl (C=O) groups is 1. The fourth-order valence-electron chi connectivity index (χ4n) is 3.24. The Balaban J connectivity index is 1.67. The number of aromatic amines is 1. The third-order valence-corrected chi connectivity index (χ3v) is 4.20. The molecule has 2 unspecified atom stereocenters. The maximum absolute atomic E-state index is 12.1. The van der Waals surface area contributed by atoms with Crippen LogP contribution in [-0.2, 0) is 0 Å². The topological polar surface area (TPSA) is 61.9 Å². The Morgan fingerprint density at radius 1 is 1.29 bits per heavy atom. The van der Waals surface area contributed by atoms with Crippen LogP contribution in [-0.4, -0.2) is 39.1 Å². The zero-order valence-electron chi connectivity index (χ0n) is 9.93.